The van der Waals surface area contributed by atoms with Crippen LogP contribution in [0.2, 0.25) is 0 Å². The first-order chi connectivity index (χ1) is 17.4. The van der Waals surface area contributed by atoms with Crippen LogP contribution in [-0.2, 0) is 4.79 Å². The summed E-state index contributed by atoms with van der Waals surface area (Å²) in [5.74, 6) is -0.385. The molecule has 0 radical (unpaired) electrons. The van der Waals surface area contributed by atoms with Crippen LogP contribution in [0.3, 0.4) is 0 Å². The summed E-state index contributed by atoms with van der Waals surface area (Å²) >= 11 is 1.35. The van der Waals surface area contributed by atoms with Gasteiger partial charge in [-0.25, -0.2) is 0 Å². The molecule has 0 saturated carbocycles. The fraction of sp³-hybridized carbons (Fsp3) is 0.250. The first-order valence-electron chi connectivity index (χ1n) is 11.9. The minimum Gasteiger partial charge on any atom is -0.368 e. The topological polar surface area (TPSA) is 73.0 Å². The van der Waals surface area contributed by atoms with Gasteiger partial charge in [0.05, 0.1) is 4.88 Å². The summed E-state index contributed by atoms with van der Waals surface area (Å²) in [5, 5.41) is 4.71. The van der Waals surface area contributed by atoms with E-state index in [1.54, 1.807) is 12.1 Å². The second-order valence-corrected chi connectivity index (χ2v) is 9.64. The summed E-state index contributed by atoms with van der Waals surface area (Å²) in [5.41, 5.74) is 3.56. The molecule has 3 aromatic rings. The maximum absolute atomic E-state index is 12.8. The molecule has 0 bridgehead atoms. The SMILES string of the molecule is C=CCN(CC(=O)Nc1ccc(N2CCN(C(=O)c3ccc(C)cc3)CC2)cc1)C(=O)c1cccs1. The number of benzene rings is 2. The van der Waals surface area contributed by atoms with Crippen molar-refractivity contribution in [1.82, 2.24) is 9.80 Å². The number of amides is 3. The molecule has 0 unspecified atom stereocenters. The molecule has 186 valence electrons. The number of hydrogen-bond donors (Lipinski definition) is 1. The maximum Gasteiger partial charge on any atom is 0.264 e. The van der Waals surface area contributed by atoms with Crippen LogP contribution in [0.25, 0.3) is 0 Å². The van der Waals surface area contributed by atoms with E-state index in [-0.39, 0.29) is 24.3 Å². The fourth-order valence-corrected chi connectivity index (χ4v) is 4.80. The highest BCUT2D eigenvalue weighted by atomic mass is 32.1. The van der Waals surface area contributed by atoms with Gasteiger partial charge < -0.3 is 20.0 Å². The minimum absolute atomic E-state index is 0.0541. The number of carbonyl (C=O) groups is 3. The zero-order chi connectivity index (χ0) is 25.5. The summed E-state index contributed by atoms with van der Waals surface area (Å²) in [6, 6.07) is 18.9. The molecule has 8 heteroatoms. The minimum atomic E-state index is -0.266. The Balaban J connectivity index is 1.29. The van der Waals surface area contributed by atoms with E-state index in [4.69, 9.17) is 0 Å². The normalized spacial score (nSPS) is 13.2. The largest absolute Gasteiger partial charge is 0.368 e. The Morgan fingerprint density at radius 2 is 1.69 bits per heavy atom. The van der Waals surface area contributed by atoms with Gasteiger partial charge in [0.2, 0.25) is 5.91 Å². The molecular formula is C28H30N4O3S. The van der Waals surface area contributed by atoms with Crippen LogP contribution in [0.1, 0.15) is 25.6 Å². The molecule has 36 heavy (non-hydrogen) atoms. The van der Waals surface area contributed by atoms with Crippen LogP contribution in [0.5, 0.6) is 0 Å². The number of nitrogens with zero attached hydrogens (tertiary/aromatic N) is 3. The van der Waals surface area contributed by atoms with E-state index < -0.39 is 0 Å². The molecule has 1 saturated heterocycles. The van der Waals surface area contributed by atoms with Gasteiger partial charge in [-0.3, -0.25) is 14.4 Å². The average molecular weight is 503 g/mol. The maximum atomic E-state index is 12.8. The molecule has 2 heterocycles. The van der Waals surface area contributed by atoms with Crippen LogP contribution >= 0.6 is 11.3 Å². The van der Waals surface area contributed by atoms with Crippen molar-refractivity contribution in [3.05, 3.63) is 94.7 Å². The number of carbonyl (C=O) groups excluding carboxylic acids is 3. The lowest BCUT2D eigenvalue weighted by Crippen LogP contribution is -2.48. The number of rotatable bonds is 8. The molecule has 0 aliphatic carbocycles. The molecule has 1 aliphatic heterocycles. The highest BCUT2D eigenvalue weighted by Gasteiger charge is 2.23. The zero-order valence-electron chi connectivity index (χ0n) is 20.4. The Morgan fingerprint density at radius 3 is 2.31 bits per heavy atom. The second-order valence-electron chi connectivity index (χ2n) is 8.69. The van der Waals surface area contributed by atoms with Crippen LogP contribution < -0.4 is 10.2 Å². The van der Waals surface area contributed by atoms with Crippen LogP contribution in [0, 0.1) is 6.92 Å². The van der Waals surface area contributed by atoms with Gasteiger partial charge in [0.25, 0.3) is 11.8 Å². The number of hydrogen-bond acceptors (Lipinski definition) is 5. The third kappa shape index (κ3) is 6.20. The Bertz CT molecular complexity index is 1200. The first kappa shape index (κ1) is 25.2. The third-order valence-corrected chi connectivity index (χ3v) is 6.94. The van der Waals surface area contributed by atoms with E-state index in [2.05, 4.69) is 16.8 Å². The van der Waals surface area contributed by atoms with Gasteiger partial charge in [-0.1, -0.05) is 29.8 Å². The lowest BCUT2D eigenvalue weighted by Gasteiger charge is -2.36. The molecule has 7 nitrogen and oxygen atoms in total. The van der Waals surface area contributed by atoms with Crippen molar-refractivity contribution in [1.29, 1.82) is 0 Å². The van der Waals surface area contributed by atoms with E-state index in [9.17, 15) is 14.4 Å². The Kier molecular flexibility index (Phi) is 8.17. The van der Waals surface area contributed by atoms with E-state index in [1.165, 1.54) is 16.2 Å². The molecule has 1 aliphatic rings. The van der Waals surface area contributed by atoms with Crippen LogP contribution in [0.15, 0.2) is 78.7 Å². The van der Waals surface area contributed by atoms with Gasteiger partial charge in [0, 0.05) is 49.7 Å². The molecule has 1 aromatic heterocycles. The molecule has 1 N–H and O–H groups in total. The number of piperazine rings is 1. The van der Waals surface area contributed by atoms with Crippen molar-refractivity contribution in [2.45, 2.75) is 6.92 Å². The van der Waals surface area contributed by atoms with E-state index in [1.807, 2.05) is 71.8 Å². The molecule has 0 atom stereocenters. The van der Waals surface area contributed by atoms with E-state index >= 15 is 0 Å². The summed E-state index contributed by atoms with van der Waals surface area (Å²) in [7, 11) is 0. The van der Waals surface area contributed by atoms with Crippen molar-refractivity contribution in [3.63, 3.8) is 0 Å². The molecule has 4 rings (SSSR count). The molecular weight excluding hydrogens is 472 g/mol. The van der Waals surface area contributed by atoms with Crippen LogP contribution in [-0.4, -0.2) is 66.8 Å². The van der Waals surface area contributed by atoms with Crippen molar-refractivity contribution in [2.75, 3.05) is 49.5 Å². The summed E-state index contributed by atoms with van der Waals surface area (Å²) in [4.78, 5) is 44.2. The fourth-order valence-electron chi connectivity index (χ4n) is 4.11. The van der Waals surface area contributed by atoms with Gasteiger partial charge in [-0.15, -0.1) is 17.9 Å². The number of aryl methyl sites for hydroxylation is 1. The van der Waals surface area contributed by atoms with Crippen molar-refractivity contribution in [2.24, 2.45) is 0 Å². The molecule has 0 spiro atoms. The molecule has 1 fully saturated rings. The smallest absolute Gasteiger partial charge is 0.264 e. The highest BCUT2D eigenvalue weighted by Crippen LogP contribution is 2.21. The van der Waals surface area contributed by atoms with Crippen molar-refractivity contribution < 1.29 is 14.4 Å². The van der Waals surface area contributed by atoms with Crippen molar-refractivity contribution >= 4 is 40.4 Å². The first-order valence-corrected chi connectivity index (χ1v) is 12.8. The Hall–Kier alpha value is -3.91. The van der Waals surface area contributed by atoms with Crippen LogP contribution in [0.4, 0.5) is 11.4 Å². The zero-order valence-corrected chi connectivity index (χ0v) is 21.2. The monoisotopic (exact) mass is 502 g/mol. The number of anilines is 2. The Labute approximate surface area is 215 Å². The van der Waals surface area contributed by atoms with E-state index in [0.29, 0.717) is 30.2 Å². The Morgan fingerprint density at radius 1 is 1.00 bits per heavy atom. The third-order valence-electron chi connectivity index (χ3n) is 6.08. The van der Waals surface area contributed by atoms with Gasteiger partial charge in [-0.05, 0) is 54.8 Å². The molecule has 2 aromatic carbocycles. The standard InChI is InChI=1S/C28H30N4O3S/c1-3-14-32(28(35)25-5-4-19-36-25)20-26(33)29-23-10-12-24(13-11-23)30-15-17-31(18-16-30)27(34)22-8-6-21(2)7-9-22/h3-13,19H,1,14-18,20H2,2H3,(H,29,33). The number of nitrogens with one attached hydrogen (secondary N) is 1. The summed E-state index contributed by atoms with van der Waals surface area (Å²) < 4.78 is 0. The summed E-state index contributed by atoms with van der Waals surface area (Å²) in [6.45, 7) is 8.73. The molecule has 3 amide bonds. The highest BCUT2D eigenvalue weighted by molar-refractivity contribution is 7.12. The number of thiophene rings is 1. The quantitative estimate of drug-likeness (QED) is 0.467. The second kappa shape index (κ2) is 11.7. The predicted octanol–water partition coefficient (Wildman–Crippen LogP) is 4.29. The lowest BCUT2D eigenvalue weighted by atomic mass is 10.1. The van der Waals surface area contributed by atoms with Gasteiger partial charge in [0.15, 0.2) is 0 Å². The van der Waals surface area contributed by atoms with Gasteiger partial charge in [0.1, 0.15) is 6.54 Å². The van der Waals surface area contributed by atoms with Gasteiger partial charge in [-0.2, -0.15) is 0 Å². The predicted molar refractivity (Wildman–Crippen MR) is 145 cm³/mol. The van der Waals surface area contributed by atoms with E-state index in [0.717, 1.165) is 29.9 Å². The van der Waals surface area contributed by atoms with Crippen molar-refractivity contribution in [3.8, 4) is 0 Å². The van der Waals surface area contributed by atoms with Gasteiger partial charge >= 0.3 is 0 Å². The lowest BCUT2D eigenvalue weighted by molar-refractivity contribution is -0.116. The summed E-state index contributed by atoms with van der Waals surface area (Å²) in [6.07, 6.45) is 1.61. The average Bonchev–Trinajstić information content (AvgIpc) is 3.44.